The topological polar surface area (TPSA) is 40.5 Å². The second-order valence-electron chi connectivity index (χ2n) is 6.81. The minimum absolute atomic E-state index is 0.216. The number of rotatable bonds is 4. The largest absolute Gasteiger partial charge is 0.511 e. The molecule has 0 aromatic heterocycles. The van der Waals surface area contributed by atoms with Crippen molar-refractivity contribution in [2.24, 2.45) is 0 Å². The van der Waals surface area contributed by atoms with E-state index >= 15 is 0 Å². The minimum atomic E-state index is -1.77. The predicted molar refractivity (Wildman–Crippen MR) is 113 cm³/mol. The molecule has 27 heavy (non-hydrogen) atoms. The lowest BCUT2D eigenvalue weighted by atomic mass is 9.13. The van der Waals surface area contributed by atoms with E-state index in [1.54, 1.807) is 12.1 Å². The van der Waals surface area contributed by atoms with E-state index in [0.29, 0.717) is 0 Å². The van der Waals surface area contributed by atoms with Crippen LogP contribution < -0.4 is 21.9 Å². The summed E-state index contributed by atoms with van der Waals surface area (Å²) >= 11 is 0. The highest BCUT2D eigenvalue weighted by molar-refractivity contribution is 7.20. The Bertz CT molecular complexity index is 959. The second kappa shape index (κ2) is 7.04. The van der Waals surface area contributed by atoms with Crippen molar-refractivity contribution in [3.8, 4) is 11.5 Å². The van der Waals surface area contributed by atoms with Crippen LogP contribution >= 0.6 is 0 Å². The maximum Gasteiger partial charge on any atom is 0.117 e. The minimum Gasteiger partial charge on any atom is -0.511 e. The first-order valence-corrected chi connectivity index (χ1v) is 9.08. The summed E-state index contributed by atoms with van der Waals surface area (Å²) < 4.78 is 0. The Morgan fingerprint density at radius 1 is 0.407 bits per heavy atom. The number of hydrogen-bond donors (Lipinski definition) is 2. The van der Waals surface area contributed by atoms with Crippen molar-refractivity contribution >= 4 is 28.0 Å². The van der Waals surface area contributed by atoms with Gasteiger partial charge in [0.25, 0.3) is 0 Å². The molecule has 0 saturated heterocycles. The van der Waals surface area contributed by atoms with Crippen LogP contribution in [0.2, 0.25) is 0 Å². The van der Waals surface area contributed by atoms with Gasteiger partial charge in [-0.15, -0.1) is 0 Å². The van der Waals surface area contributed by atoms with Crippen LogP contribution in [0, 0.1) is 0 Å². The second-order valence-corrected chi connectivity index (χ2v) is 6.81. The van der Waals surface area contributed by atoms with Crippen LogP contribution in [-0.4, -0.2) is 16.4 Å². The molecular formula is C24H20BO2-. The van der Waals surface area contributed by atoms with E-state index in [0.717, 1.165) is 21.9 Å². The van der Waals surface area contributed by atoms with E-state index in [4.69, 9.17) is 0 Å². The average molecular weight is 351 g/mol. The Morgan fingerprint density at radius 2 is 0.741 bits per heavy atom. The molecule has 0 fully saturated rings. The van der Waals surface area contributed by atoms with Gasteiger partial charge in [-0.1, -0.05) is 97.1 Å². The third-order valence-electron chi connectivity index (χ3n) is 5.41. The molecule has 4 rings (SSSR count). The van der Waals surface area contributed by atoms with Gasteiger partial charge in [0.1, 0.15) is 6.15 Å². The molecule has 2 nitrogen and oxygen atoms in total. The molecule has 0 aliphatic rings. The van der Waals surface area contributed by atoms with Crippen LogP contribution in [0.1, 0.15) is 0 Å². The summed E-state index contributed by atoms with van der Waals surface area (Å²) in [4.78, 5) is 0. The third-order valence-corrected chi connectivity index (χ3v) is 5.41. The van der Waals surface area contributed by atoms with Crippen molar-refractivity contribution in [1.82, 2.24) is 0 Å². The van der Waals surface area contributed by atoms with Crippen molar-refractivity contribution in [3.63, 3.8) is 0 Å². The first-order valence-electron chi connectivity index (χ1n) is 9.08. The molecule has 0 heterocycles. The van der Waals surface area contributed by atoms with Gasteiger partial charge in [0.2, 0.25) is 0 Å². The number of phenolic OH excluding ortho intramolecular Hbond substituents is 2. The number of para-hydroxylation sites is 2. The van der Waals surface area contributed by atoms with E-state index in [9.17, 15) is 10.2 Å². The molecule has 3 heteroatoms. The molecule has 0 bridgehead atoms. The number of aromatic hydroxyl groups is 2. The quantitative estimate of drug-likeness (QED) is 0.555. The van der Waals surface area contributed by atoms with Crippen LogP contribution in [0.4, 0.5) is 0 Å². The van der Waals surface area contributed by atoms with Gasteiger partial charge in [0.15, 0.2) is 0 Å². The highest BCUT2D eigenvalue weighted by Crippen LogP contribution is 2.19. The van der Waals surface area contributed by atoms with Gasteiger partial charge < -0.3 is 10.2 Å². The zero-order valence-electron chi connectivity index (χ0n) is 14.9. The van der Waals surface area contributed by atoms with E-state index in [1.165, 1.54) is 0 Å². The Labute approximate surface area is 159 Å². The standard InChI is InChI=1S/C24H20BO2/c26-23-17-9-7-15-21(23)25(19-11-3-1-4-12-19,20-13-5-2-6-14-20)22-16-8-10-18-24(22)27/h1-18,26-27H/q-1. The lowest BCUT2D eigenvalue weighted by molar-refractivity contribution is 0.478. The van der Waals surface area contributed by atoms with Gasteiger partial charge in [0, 0.05) is 0 Å². The summed E-state index contributed by atoms with van der Waals surface area (Å²) in [6.07, 6.45) is -1.77. The summed E-state index contributed by atoms with van der Waals surface area (Å²) in [5.74, 6) is 0.432. The van der Waals surface area contributed by atoms with Crippen LogP contribution in [0.3, 0.4) is 0 Å². The van der Waals surface area contributed by atoms with Gasteiger partial charge in [0.05, 0.1) is 11.5 Å². The van der Waals surface area contributed by atoms with Crippen molar-refractivity contribution in [3.05, 3.63) is 109 Å². The lowest BCUT2D eigenvalue weighted by Gasteiger charge is -2.44. The lowest BCUT2D eigenvalue weighted by Crippen LogP contribution is -2.74. The van der Waals surface area contributed by atoms with E-state index in [2.05, 4.69) is 24.3 Å². The summed E-state index contributed by atoms with van der Waals surface area (Å²) in [6.45, 7) is 0. The zero-order chi connectivity index (χ0) is 18.7. The molecule has 0 saturated carbocycles. The number of benzene rings is 4. The molecule has 0 radical (unpaired) electrons. The smallest absolute Gasteiger partial charge is 0.117 e. The zero-order valence-corrected chi connectivity index (χ0v) is 14.9. The maximum absolute atomic E-state index is 10.9. The van der Waals surface area contributed by atoms with E-state index in [-0.39, 0.29) is 11.5 Å². The number of phenols is 2. The van der Waals surface area contributed by atoms with Crippen LogP contribution in [0.25, 0.3) is 0 Å². The molecule has 0 aliphatic carbocycles. The predicted octanol–water partition coefficient (Wildman–Crippen LogP) is 2.48. The molecule has 0 aliphatic heterocycles. The monoisotopic (exact) mass is 351 g/mol. The fourth-order valence-corrected chi connectivity index (χ4v) is 4.27. The highest BCUT2D eigenvalue weighted by atomic mass is 16.3. The fourth-order valence-electron chi connectivity index (χ4n) is 4.27. The molecule has 0 unspecified atom stereocenters. The fraction of sp³-hybridized carbons (Fsp3) is 0. The highest BCUT2D eigenvalue weighted by Gasteiger charge is 2.35. The van der Waals surface area contributed by atoms with E-state index < -0.39 is 6.15 Å². The van der Waals surface area contributed by atoms with Gasteiger partial charge in [-0.3, -0.25) is 0 Å². The molecular weight excluding hydrogens is 331 g/mol. The maximum atomic E-state index is 10.9. The molecule has 2 N–H and O–H groups in total. The Hall–Kier alpha value is -3.46. The van der Waals surface area contributed by atoms with Crippen molar-refractivity contribution < 1.29 is 10.2 Å². The van der Waals surface area contributed by atoms with Crippen LogP contribution in [0.5, 0.6) is 11.5 Å². The van der Waals surface area contributed by atoms with Gasteiger partial charge in [-0.25, -0.2) is 0 Å². The summed E-state index contributed by atoms with van der Waals surface area (Å²) in [7, 11) is 0. The van der Waals surface area contributed by atoms with Gasteiger partial charge in [-0.05, 0) is 12.1 Å². The average Bonchev–Trinajstić information content (AvgIpc) is 2.73. The van der Waals surface area contributed by atoms with Crippen LogP contribution in [-0.2, 0) is 0 Å². The van der Waals surface area contributed by atoms with Gasteiger partial charge >= 0.3 is 0 Å². The normalized spacial score (nSPS) is 11.3. The molecule has 0 amide bonds. The van der Waals surface area contributed by atoms with Crippen molar-refractivity contribution in [2.75, 3.05) is 0 Å². The first-order chi connectivity index (χ1) is 13.2. The SMILES string of the molecule is Oc1ccccc1[B-](c1ccccc1)(c1ccccc1)c1ccccc1O. The third kappa shape index (κ3) is 2.78. The number of hydrogen-bond acceptors (Lipinski definition) is 2. The summed E-state index contributed by atoms with van der Waals surface area (Å²) in [5.41, 5.74) is 3.64. The van der Waals surface area contributed by atoms with Crippen molar-refractivity contribution in [2.45, 2.75) is 0 Å². The Kier molecular flexibility index (Phi) is 4.43. The van der Waals surface area contributed by atoms with Crippen LogP contribution in [0.15, 0.2) is 109 Å². The summed E-state index contributed by atoms with van der Waals surface area (Å²) in [6, 6.07) is 35.0. The first kappa shape index (κ1) is 17.0. The summed E-state index contributed by atoms with van der Waals surface area (Å²) in [5, 5.41) is 21.7. The Balaban J connectivity index is 2.20. The van der Waals surface area contributed by atoms with E-state index in [1.807, 2.05) is 72.8 Å². The van der Waals surface area contributed by atoms with Crippen molar-refractivity contribution in [1.29, 1.82) is 0 Å². The Morgan fingerprint density at radius 3 is 1.11 bits per heavy atom. The molecule has 4 aromatic carbocycles. The van der Waals surface area contributed by atoms with Gasteiger partial charge in [-0.2, -0.15) is 21.9 Å². The molecule has 0 spiro atoms. The molecule has 132 valence electrons. The molecule has 4 aromatic rings. The molecule has 0 atom stereocenters.